The molecule has 0 saturated carbocycles. The summed E-state index contributed by atoms with van der Waals surface area (Å²) in [5, 5.41) is 18.8. The summed E-state index contributed by atoms with van der Waals surface area (Å²) in [6.07, 6.45) is 6.55. The van der Waals surface area contributed by atoms with Crippen LogP contribution in [0.15, 0.2) is 83.7 Å². The van der Waals surface area contributed by atoms with Gasteiger partial charge < -0.3 is 0 Å². The van der Waals surface area contributed by atoms with Crippen molar-refractivity contribution in [2.24, 2.45) is 0 Å². The lowest BCUT2D eigenvalue weighted by molar-refractivity contribution is 0.637. The Morgan fingerprint density at radius 1 is 0.857 bits per heavy atom. The average Bonchev–Trinajstić information content (AvgIpc) is 3.54. The topological polar surface area (TPSA) is 94.3 Å². The highest BCUT2D eigenvalue weighted by atomic mass is 16.2. The van der Waals surface area contributed by atoms with Crippen molar-refractivity contribution < 1.29 is 0 Å². The van der Waals surface area contributed by atoms with Crippen molar-refractivity contribution in [2.75, 3.05) is 0 Å². The minimum atomic E-state index is -0.145. The number of hydrogen-bond donors (Lipinski definition) is 1. The molecule has 2 aromatic heterocycles. The smallest absolute Gasteiger partial charge is 0.274 e. The van der Waals surface area contributed by atoms with Gasteiger partial charge in [0.2, 0.25) is 0 Å². The highest BCUT2D eigenvalue weighted by Crippen LogP contribution is 2.29. The first-order valence-electron chi connectivity index (χ1n) is 11.3. The summed E-state index contributed by atoms with van der Waals surface area (Å²) >= 11 is 0. The van der Waals surface area contributed by atoms with Crippen LogP contribution in [0.2, 0.25) is 0 Å². The molecule has 3 aromatic carbocycles. The highest BCUT2D eigenvalue weighted by molar-refractivity contribution is 5.80. The predicted octanol–water partition coefficient (Wildman–Crippen LogP) is 3.55. The normalized spacial score (nSPS) is 10.8. The highest BCUT2D eigenvalue weighted by Gasteiger charge is 2.15. The number of H-pyrrole nitrogens is 1. The van der Waals surface area contributed by atoms with Crippen LogP contribution in [0, 0.1) is 12.3 Å². The zero-order chi connectivity index (χ0) is 24.0. The van der Waals surface area contributed by atoms with Crippen molar-refractivity contribution in [1.29, 1.82) is 0 Å². The Morgan fingerprint density at radius 3 is 2.29 bits per heavy atom. The molecule has 0 unspecified atom stereocenters. The third-order valence-electron chi connectivity index (χ3n) is 5.80. The molecule has 0 saturated heterocycles. The second kappa shape index (κ2) is 10.0. The quantitative estimate of drug-likeness (QED) is 0.357. The molecule has 1 N–H and O–H groups in total. The Balaban J connectivity index is 1.43. The SMILES string of the molecule is C#CCCc1nn(Cc2ccccc2)c(=O)n1Cc1ccc(-c2ccccc2-c2nnn[nH]2)cc1. The van der Waals surface area contributed by atoms with Crippen molar-refractivity contribution in [3.05, 3.63) is 106 Å². The standard InChI is InChI=1S/C27H23N7O/c1-2-3-13-25-30-34(19-20-9-5-4-6-10-20)27(35)33(25)18-21-14-16-22(17-15-21)23-11-7-8-12-24(23)26-28-31-32-29-26/h1,4-12,14-17H,3,13,18-19H2,(H,28,29,31,32). The maximum Gasteiger partial charge on any atom is 0.346 e. The number of aryl methyl sites for hydroxylation is 1. The van der Waals surface area contributed by atoms with Crippen molar-refractivity contribution in [1.82, 2.24) is 35.0 Å². The fraction of sp³-hybridized carbons (Fsp3) is 0.148. The van der Waals surface area contributed by atoms with Gasteiger partial charge in [-0.05, 0) is 32.7 Å². The molecule has 8 heteroatoms. The van der Waals surface area contributed by atoms with Gasteiger partial charge in [-0.2, -0.15) is 5.10 Å². The zero-order valence-corrected chi connectivity index (χ0v) is 19.0. The van der Waals surface area contributed by atoms with Gasteiger partial charge in [-0.3, -0.25) is 4.57 Å². The maximum atomic E-state index is 13.2. The predicted molar refractivity (Wildman–Crippen MR) is 133 cm³/mol. The summed E-state index contributed by atoms with van der Waals surface area (Å²) in [6, 6.07) is 25.9. The lowest BCUT2D eigenvalue weighted by Gasteiger charge is -2.09. The van der Waals surface area contributed by atoms with Crippen LogP contribution in [-0.4, -0.2) is 35.0 Å². The van der Waals surface area contributed by atoms with Crippen LogP contribution in [-0.2, 0) is 19.5 Å². The Labute approximate surface area is 202 Å². The molecule has 0 atom stereocenters. The fourth-order valence-electron chi connectivity index (χ4n) is 4.06. The van der Waals surface area contributed by atoms with Crippen molar-refractivity contribution in [3.63, 3.8) is 0 Å². The number of aromatic nitrogens is 7. The molecular formula is C27H23N7O. The van der Waals surface area contributed by atoms with Crippen molar-refractivity contribution in [2.45, 2.75) is 25.9 Å². The third-order valence-corrected chi connectivity index (χ3v) is 5.80. The molecule has 2 heterocycles. The van der Waals surface area contributed by atoms with Gasteiger partial charge in [-0.15, -0.1) is 17.4 Å². The number of benzene rings is 3. The van der Waals surface area contributed by atoms with E-state index in [4.69, 9.17) is 6.42 Å². The van der Waals surface area contributed by atoms with Gasteiger partial charge in [0.25, 0.3) is 0 Å². The van der Waals surface area contributed by atoms with Gasteiger partial charge >= 0.3 is 5.69 Å². The van der Waals surface area contributed by atoms with Crippen LogP contribution in [0.5, 0.6) is 0 Å². The van der Waals surface area contributed by atoms with E-state index in [-0.39, 0.29) is 5.69 Å². The van der Waals surface area contributed by atoms with E-state index in [1.807, 2.05) is 78.9 Å². The molecule has 0 amide bonds. The molecule has 172 valence electrons. The van der Waals surface area contributed by atoms with E-state index < -0.39 is 0 Å². The number of nitrogens with one attached hydrogen (secondary N) is 1. The van der Waals surface area contributed by atoms with Gasteiger partial charge in [0.05, 0.1) is 13.1 Å². The number of hydrogen-bond acceptors (Lipinski definition) is 5. The summed E-state index contributed by atoms with van der Waals surface area (Å²) in [6.45, 7) is 0.837. The van der Waals surface area contributed by atoms with Gasteiger partial charge in [-0.25, -0.2) is 14.6 Å². The molecule has 35 heavy (non-hydrogen) atoms. The van der Waals surface area contributed by atoms with E-state index in [2.05, 4.69) is 31.6 Å². The number of aromatic amines is 1. The maximum absolute atomic E-state index is 13.2. The van der Waals surface area contributed by atoms with Crippen molar-refractivity contribution in [3.8, 4) is 34.9 Å². The van der Waals surface area contributed by atoms with Crippen molar-refractivity contribution >= 4 is 0 Å². The van der Waals surface area contributed by atoms with E-state index >= 15 is 0 Å². The fourth-order valence-corrected chi connectivity index (χ4v) is 4.06. The van der Waals surface area contributed by atoms with E-state index in [9.17, 15) is 4.79 Å². The zero-order valence-electron chi connectivity index (χ0n) is 19.0. The Kier molecular flexibility index (Phi) is 6.31. The molecule has 0 aliphatic carbocycles. The van der Waals surface area contributed by atoms with Gasteiger partial charge in [0, 0.05) is 18.4 Å². The Hall–Kier alpha value is -4.77. The third kappa shape index (κ3) is 4.80. The largest absolute Gasteiger partial charge is 0.346 e. The molecule has 0 aliphatic heterocycles. The summed E-state index contributed by atoms with van der Waals surface area (Å²) < 4.78 is 3.22. The van der Waals surface area contributed by atoms with Gasteiger partial charge in [0.1, 0.15) is 5.82 Å². The van der Waals surface area contributed by atoms with Crippen LogP contribution < -0.4 is 5.69 Å². The summed E-state index contributed by atoms with van der Waals surface area (Å²) in [7, 11) is 0. The van der Waals surface area contributed by atoms with Crippen LogP contribution >= 0.6 is 0 Å². The Morgan fingerprint density at radius 2 is 1.57 bits per heavy atom. The number of nitrogens with zero attached hydrogens (tertiary/aromatic N) is 6. The number of terminal acetylenes is 1. The van der Waals surface area contributed by atoms with E-state index in [1.165, 1.54) is 4.68 Å². The molecule has 0 radical (unpaired) electrons. The van der Waals surface area contributed by atoms with Crippen LogP contribution in [0.25, 0.3) is 22.5 Å². The molecule has 8 nitrogen and oxygen atoms in total. The minimum absolute atomic E-state index is 0.145. The molecule has 5 rings (SSSR count). The summed E-state index contributed by atoms with van der Waals surface area (Å²) in [4.78, 5) is 13.2. The number of rotatable bonds is 8. The van der Waals surface area contributed by atoms with Crippen LogP contribution in [0.3, 0.4) is 0 Å². The molecule has 0 aliphatic rings. The monoisotopic (exact) mass is 461 g/mol. The molecule has 5 aromatic rings. The first-order valence-corrected chi connectivity index (χ1v) is 11.3. The Bertz CT molecular complexity index is 1510. The van der Waals surface area contributed by atoms with Crippen LogP contribution in [0.4, 0.5) is 0 Å². The van der Waals surface area contributed by atoms with Gasteiger partial charge in [0.15, 0.2) is 5.82 Å². The summed E-state index contributed by atoms with van der Waals surface area (Å²) in [5.41, 5.74) is 4.83. The van der Waals surface area contributed by atoms with Crippen LogP contribution in [0.1, 0.15) is 23.4 Å². The summed E-state index contributed by atoms with van der Waals surface area (Å²) in [5.74, 6) is 3.95. The number of tetrazole rings is 1. The lowest BCUT2D eigenvalue weighted by atomic mass is 9.98. The first kappa shape index (κ1) is 22.0. The second-order valence-electron chi connectivity index (χ2n) is 8.12. The first-order chi connectivity index (χ1) is 17.2. The minimum Gasteiger partial charge on any atom is -0.274 e. The molecule has 0 spiro atoms. The molecule has 0 bridgehead atoms. The lowest BCUT2D eigenvalue weighted by Crippen LogP contribution is -2.26. The second-order valence-corrected chi connectivity index (χ2v) is 8.12. The average molecular weight is 462 g/mol. The van der Waals surface area contributed by atoms with E-state index in [0.717, 1.165) is 27.8 Å². The molecular weight excluding hydrogens is 438 g/mol. The van der Waals surface area contributed by atoms with E-state index in [0.29, 0.717) is 37.6 Å². The molecule has 0 fully saturated rings. The van der Waals surface area contributed by atoms with Gasteiger partial charge in [-0.1, -0.05) is 78.9 Å². The van der Waals surface area contributed by atoms with E-state index in [1.54, 1.807) is 4.57 Å².